The minimum Gasteiger partial charge on any atom is -0.468 e. The maximum absolute atomic E-state index is 13.5. The Labute approximate surface area is 109 Å². The molecule has 2 N–H and O–H groups in total. The lowest BCUT2D eigenvalue weighted by Crippen LogP contribution is -2.24. The first-order chi connectivity index (χ1) is 9.03. The van der Waals surface area contributed by atoms with Crippen molar-refractivity contribution >= 4 is 10.0 Å². The Morgan fingerprint density at radius 1 is 1.32 bits per heavy atom. The summed E-state index contributed by atoms with van der Waals surface area (Å²) in [6.45, 7) is -0.431. The molecule has 0 unspecified atom stereocenters. The molecule has 1 aromatic carbocycles. The van der Waals surface area contributed by atoms with Crippen LogP contribution < -0.4 is 4.72 Å². The van der Waals surface area contributed by atoms with Gasteiger partial charge < -0.3 is 9.52 Å². The van der Waals surface area contributed by atoms with Crippen LogP contribution in [0.25, 0.3) is 0 Å². The minimum atomic E-state index is -4.00. The molecule has 19 heavy (non-hydrogen) atoms. The van der Waals surface area contributed by atoms with Crippen molar-refractivity contribution in [1.82, 2.24) is 4.72 Å². The smallest absolute Gasteiger partial charge is 0.243 e. The fourth-order valence-corrected chi connectivity index (χ4v) is 2.63. The quantitative estimate of drug-likeness (QED) is 0.870. The second-order valence-corrected chi connectivity index (χ2v) is 5.56. The molecular weight excluding hydrogens is 273 g/mol. The van der Waals surface area contributed by atoms with Crippen molar-refractivity contribution in [1.29, 1.82) is 0 Å². The first-order valence-corrected chi connectivity index (χ1v) is 6.92. The molecule has 0 spiro atoms. The van der Waals surface area contributed by atoms with Crippen LogP contribution in [0.2, 0.25) is 0 Å². The Balaban J connectivity index is 2.23. The van der Waals surface area contributed by atoms with Crippen molar-refractivity contribution in [3.8, 4) is 0 Å². The molecule has 0 atom stereocenters. The highest BCUT2D eigenvalue weighted by Crippen LogP contribution is 2.17. The molecule has 7 heteroatoms. The predicted molar refractivity (Wildman–Crippen MR) is 65.1 cm³/mol. The number of nitrogens with one attached hydrogen (secondary N) is 1. The van der Waals surface area contributed by atoms with Crippen molar-refractivity contribution in [3.63, 3.8) is 0 Å². The fraction of sp³-hybridized carbons (Fsp3) is 0.167. The highest BCUT2D eigenvalue weighted by molar-refractivity contribution is 7.89. The highest BCUT2D eigenvalue weighted by atomic mass is 32.2. The zero-order chi connectivity index (χ0) is 13.9. The van der Waals surface area contributed by atoms with Crippen LogP contribution in [0.15, 0.2) is 45.9 Å². The van der Waals surface area contributed by atoms with Gasteiger partial charge >= 0.3 is 0 Å². The van der Waals surface area contributed by atoms with Gasteiger partial charge in [-0.05, 0) is 29.8 Å². The number of hydrogen-bond acceptors (Lipinski definition) is 4. The third-order valence-electron chi connectivity index (χ3n) is 2.48. The van der Waals surface area contributed by atoms with Gasteiger partial charge in [0.25, 0.3) is 0 Å². The van der Waals surface area contributed by atoms with Crippen LogP contribution >= 0.6 is 0 Å². The van der Waals surface area contributed by atoms with Gasteiger partial charge in [-0.25, -0.2) is 17.5 Å². The van der Waals surface area contributed by atoms with Crippen molar-refractivity contribution in [2.75, 3.05) is 0 Å². The first kappa shape index (κ1) is 13.7. The van der Waals surface area contributed by atoms with Crippen LogP contribution in [0.1, 0.15) is 11.3 Å². The fourth-order valence-electron chi connectivity index (χ4n) is 1.51. The minimum absolute atomic E-state index is 0.0713. The van der Waals surface area contributed by atoms with E-state index in [4.69, 9.17) is 9.52 Å². The molecule has 0 amide bonds. The molecule has 0 bridgehead atoms. The van der Waals surface area contributed by atoms with Crippen molar-refractivity contribution in [2.45, 2.75) is 18.0 Å². The normalized spacial score (nSPS) is 11.7. The summed E-state index contributed by atoms with van der Waals surface area (Å²) in [5.41, 5.74) is 0.319. The molecule has 0 radical (unpaired) electrons. The zero-order valence-electron chi connectivity index (χ0n) is 9.84. The second kappa shape index (κ2) is 5.52. The molecule has 2 rings (SSSR count). The van der Waals surface area contributed by atoms with Crippen molar-refractivity contribution in [3.05, 3.63) is 53.7 Å². The number of aliphatic hydroxyl groups excluding tert-OH is 1. The van der Waals surface area contributed by atoms with E-state index in [9.17, 15) is 12.8 Å². The summed E-state index contributed by atoms with van der Waals surface area (Å²) in [5, 5.41) is 8.95. The first-order valence-electron chi connectivity index (χ1n) is 5.44. The number of sulfonamides is 1. The lowest BCUT2D eigenvalue weighted by atomic mass is 10.2. The van der Waals surface area contributed by atoms with E-state index in [0.717, 1.165) is 12.1 Å². The van der Waals surface area contributed by atoms with Gasteiger partial charge in [0, 0.05) is 0 Å². The van der Waals surface area contributed by atoms with E-state index in [1.807, 2.05) is 0 Å². The zero-order valence-corrected chi connectivity index (χ0v) is 10.7. The van der Waals surface area contributed by atoms with E-state index in [1.165, 1.54) is 12.3 Å². The van der Waals surface area contributed by atoms with Crippen LogP contribution in [0.5, 0.6) is 0 Å². The average Bonchev–Trinajstić information content (AvgIpc) is 2.90. The van der Waals surface area contributed by atoms with Crippen LogP contribution in [0.4, 0.5) is 4.39 Å². The molecule has 0 aliphatic carbocycles. The summed E-state index contributed by atoms with van der Waals surface area (Å²) in [7, 11) is -4.00. The maximum Gasteiger partial charge on any atom is 0.243 e. The summed E-state index contributed by atoms with van der Waals surface area (Å²) < 4.78 is 44.6. The van der Waals surface area contributed by atoms with E-state index in [0.29, 0.717) is 11.3 Å². The molecule has 0 saturated heterocycles. The van der Waals surface area contributed by atoms with Gasteiger partial charge in [-0.1, -0.05) is 6.07 Å². The van der Waals surface area contributed by atoms with Gasteiger partial charge in [0.05, 0.1) is 19.4 Å². The molecule has 0 fully saturated rings. The molecular formula is C12H12FNO4S. The molecule has 5 nitrogen and oxygen atoms in total. The third-order valence-corrected chi connectivity index (χ3v) is 3.90. The monoisotopic (exact) mass is 285 g/mol. The standard InChI is InChI=1S/C12H12FNO4S/c13-11-4-3-9(8-15)6-12(11)19(16,17)14-7-10-2-1-5-18-10/h1-6,14-15H,7-8H2. The topological polar surface area (TPSA) is 79.5 Å². The van der Waals surface area contributed by atoms with E-state index in [-0.39, 0.29) is 13.2 Å². The Kier molecular flexibility index (Phi) is 3.98. The van der Waals surface area contributed by atoms with Gasteiger partial charge in [-0.15, -0.1) is 0 Å². The van der Waals surface area contributed by atoms with Crippen LogP contribution in [0.3, 0.4) is 0 Å². The van der Waals surface area contributed by atoms with E-state index < -0.39 is 20.7 Å². The number of halogens is 1. The molecule has 0 aliphatic heterocycles. The predicted octanol–water partition coefficient (Wildman–Crippen LogP) is 1.39. The number of furan rings is 1. The lowest BCUT2D eigenvalue weighted by Gasteiger charge is -2.07. The van der Waals surface area contributed by atoms with Crippen LogP contribution in [0, 0.1) is 5.82 Å². The Morgan fingerprint density at radius 2 is 2.11 bits per heavy atom. The number of rotatable bonds is 5. The van der Waals surface area contributed by atoms with Crippen LogP contribution in [-0.4, -0.2) is 13.5 Å². The molecule has 0 saturated carbocycles. The lowest BCUT2D eigenvalue weighted by molar-refractivity contribution is 0.281. The molecule has 1 aromatic heterocycles. The summed E-state index contributed by atoms with van der Waals surface area (Å²) in [6.07, 6.45) is 1.41. The molecule has 1 heterocycles. The number of hydrogen-bond donors (Lipinski definition) is 2. The summed E-state index contributed by atoms with van der Waals surface area (Å²) in [5.74, 6) is -0.452. The largest absolute Gasteiger partial charge is 0.468 e. The van der Waals surface area contributed by atoms with E-state index in [2.05, 4.69) is 4.72 Å². The van der Waals surface area contributed by atoms with Crippen molar-refractivity contribution in [2.24, 2.45) is 0 Å². The van der Waals surface area contributed by atoms with Gasteiger partial charge in [0.2, 0.25) is 10.0 Å². The van der Waals surface area contributed by atoms with Gasteiger partial charge in [0.1, 0.15) is 16.5 Å². The molecule has 102 valence electrons. The maximum atomic E-state index is 13.5. The Bertz CT molecular complexity index is 652. The average molecular weight is 285 g/mol. The molecule has 2 aromatic rings. The Hall–Kier alpha value is -1.70. The van der Waals surface area contributed by atoms with Gasteiger partial charge in [-0.2, -0.15) is 0 Å². The number of aliphatic hydroxyl groups is 1. The van der Waals surface area contributed by atoms with Crippen molar-refractivity contribution < 1.29 is 22.3 Å². The van der Waals surface area contributed by atoms with Gasteiger partial charge in [-0.3, -0.25) is 0 Å². The molecule has 0 aliphatic rings. The summed E-state index contributed by atoms with van der Waals surface area (Å²) in [6, 6.07) is 6.65. The summed E-state index contributed by atoms with van der Waals surface area (Å²) >= 11 is 0. The summed E-state index contributed by atoms with van der Waals surface area (Å²) in [4.78, 5) is -0.495. The highest BCUT2D eigenvalue weighted by Gasteiger charge is 2.19. The Morgan fingerprint density at radius 3 is 2.74 bits per heavy atom. The van der Waals surface area contributed by atoms with Gasteiger partial charge in [0.15, 0.2) is 0 Å². The SMILES string of the molecule is O=S(=O)(NCc1ccco1)c1cc(CO)ccc1F. The van der Waals surface area contributed by atoms with E-state index >= 15 is 0 Å². The van der Waals surface area contributed by atoms with E-state index in [1.54, 1.807) is 12.1 Å². The van der Waals surface area contributed by atoms with Crippen LogP contribution in [-0.2, 0) is 23.2 Å². The third kappa shape index (κ3) is 3.19. The second-order valence-electron chi connectivity index (χ2n) is 3.83. The number of benzene rings is 1.